The van der Waals surface area contributed by atoms with Crippen molar-refractivity contribution in [2.45, 2.75) is 40.7 Å². The van der Waals surface area contributed by atoms with Gasteiger partial charge in [-0.05, 0) is 45.4 Å². The second-order valence-corrected chi connectivity index (χ2v) is 6.90. The van der Waals surface area contributed by atoms with Gasteiger partial charge in [0.1, 0.15) is 6.04 Å². The Bertz CT molecular complexity index is 901. The van der Waals surface area contributed by atoms with Crippen molar-refractivity contribution in [3.05, 3.63) is 52.8 Å². The van der Waals surface area contributed by atoms with Gasteiger partial charge in [0, 0.05) is 37.1 Å². The zero-order valence-corrected chi connectivity index (χ0v) is 16.9. The van der Waals surface area contributed by atoms with E-state index in [1.807, 2.05) is 49.6 Å². The lowest BCUT2D eigenvalue weighted by atomic mass is 10.1. The third-order valence-corrected chi connectivity index (χ3v) is 4.83. The van der Waals surface area contributed by atoms with Crippen molar-refractivity contribution < 1.29 is 19.5 Å². The molecule has 1 aromatic heterocycles. The second kappa shape index (κ2) is 8.73. The molecule has 1 unspecified atom stereocenters. The Morgan fingerprint density at radius 2 is 1.82 bits per heavy atom. The van der Waals surface area contributed by atoms with Crippen LogP contribution in [0.4, 0.5) is 0 Å². The van der Waals surface area contributed by atoms with Crippen LogP contribution in [0, 0.1) is 20.8 Å². The quantitative estimate of drug-likeness (QED) is 0.766. The summed E-state index contributed by atoms with van der Waals surface area (Å²) in [5, 5.41) is 12.0. The van der Waals surface area contributed by atoms with Crippen LogP contribution in [0.3, 0.4) is 0 Å². The molecule has 1 aromatic carbocycles. The number of carboxylic acids is 1. The number of aliphatic carboxylic acids is 1. The Morgan fingerprint density at radius 3 is 2.39 bits per heavy atom. The zero-order valence-electron chi connectivity index (χ0n) is 16.9. The van der Waals surface area contributed by atoms with Crippen LogP contribution in [0.25, 0.3) is 5.69 Å². The molecule has 1 heterocycles. The lowest BCUT2D eigenvalue weighted by molar-refractivity contribution is -0.141. The summed E-state index contributed by atoms with van der Waals surface area (Å²) in [5.41, 5.74) is 4.15. The Kier molecular flexibility index (Phi) is 6.62. The molecular formula is C21H27N3O4. The van der Waals surface area contributed by atoms with Gasteiger partial charge in [-0.3, -0.25) is 9.59 Å². The number of carbonyl (C=O) groups excluding carboxylic acids is 2. The van der Waals surface area contributed by atoms with Crippen molar-refractivity contribution in [2.24, 2.45) is 0 Å². The number of nitrogens with one attached hydrogen (secondary N) is 1. The molecule has 28 heavy (non-hydrogen) atoms. The molecule has 7 heteroatoms. The number of nitrogens with zero attached hydrogens (tertiary/aromatic N) is 2. The summed E-state index contributed by atoms with van der Waals surface area (Å²) < 4.78 is 2.00. The predicted molar refractivity (Wildman–Crippen MR) is 107 cm³/mol. The van der Waals surface area contributed by atoms with Crippen molar-refractivity contribution in [2.75, 3.05) is 13.1 Å². The normalized spacial score (nSPS) is 11.8. The fourth-order valence-corrected chi connectivity index (χ4v) is 3.28. The molecule has 0 radical (unpaired) electrons. The van der Waals surface area contributed by atoms with Crippen LogP contribution in [0.2, 0.25) is 0 Å². The minimum atomic E-state index is -1.09. The van der Waals surface area contributed by atoms with E-state index in [2.05, 4.69) is 5.32 Å². The van der Waals surface area contributed by atoms with Crippen LogP contribution >= 0.6 is 0 Å². The number of aromatic nitrogens is 1. The van der Waals surface area contributed by atoms with Crippen molar-refractivity contribution in [3.8, 4) is 5.69 Å². The molecule has 0 aliphatic heterocycles. The summed E-state index contributed by atoms with van der Waals surface area (Å²) in [6.45, 7) is 8.91. The topological polar surface area (TPSA) is 91.6 Å². The number of benzene rings is 1. The van der Waals surface area contributed by atoms with Crippen molar-refractivity contribution >= 4 is 17.8 Å². The Labute approximate surface area is 165 Å². The zero-order chi connectivity index (χ0) is 21.0. The van der Waals surface area contributed by atoms with Gasteiger partial charge in [-0.2, -0.15) is 0 Å². The maximum Gasteiger partial charge on any atom is 0.326 e. The molecule has 0 spiro atoms. The minimum Gasteiger partial charge on any atom is -0.480 e. The highest BCUT2D eigenvalue weighted by Gasteiger charge is 2.29. The third kappa shape index (κ3) is 4.42. The molecule has 1 atom stereocenters. The highest BCUT2D eigenvalue weighted by molar-refractivity contribution is 5.98. The number of rotatable bonds is 7. The van der Waals surface area contributed by atoms with E-state index in [0.717, 1.165) is 22.6 Å². The van der Waals surface area contributed by atoms with E-state index in [4.69, 9.17) is 0 Å². The van der Waals surface area contributed by atoms with Gasteiger partial charge in [0.05, 0.1) is 5.56 Å². The highest BCUT2D eigenvalue weighted by atomic mass is 16.4. The molecule has 2 amide bonds. The summed E-state index contributed by atoms with van der Waals surface area (Å²) in [7, 11) is 0. The van der Waals surface area contributed by atoms with Gasteiger partial charge < -0.3 is 19.9 Å². The maximum atomic E-state index is 13.2. The van der Waals surface area contributed by atoms with E-state index in [1.54, 1.807) is 6.07 Å². The van der Waals surface area contributed by atoms with E-state index in [0.29, 0.717) is 5.56 Å². The van der Waals surface area contributed by atoms with Crippen molar-refractivity contribution in [1.82, 2.24) is 14.8 Å². The standard InChI is InChI=1S/C21H27N3O4/c1-13-8-6-7-9-19(13)24-14(2)12-18(15(24)3)20(26)23(16(4)21(27)28)11-10-22-17(5)25/h6-9,12,16H,10-11H2,1-5H3,(H,22,25)(H,27,28). The van der Waals surface area contributed by atoms with E-state index >= 15 is 0 Å². The average molecular weight is 385 g/mol. The number of carboxylic acid groups (broad SMARTS) is 1. The number of aryl methyl sites for hydroxylation is 2. The number of carbonyl (C=O) groups is 3. The third-order valence-electron chi connectivity index (χ3n) is 4.83. The summed E-state index contributed by atoms with van der Waals surface area (Å²) in [4.78, 5) is 37.1. The van der Waals surface area contributed by atoms with Gasteiger partial charge in [-0.15, -0.1) is 0 Å². The molecule has 150 valence electrons. The molecule has 2 aromatic rings. The SMILES string of the molecule is CC(=O)NCCN(C(=O)c1cc(C)n(-c2ccccc2C)c1C)C(C)C(=O)O. The van der Waals surface area contributed by atoms with Crippen LogP contribution in [0.5, 0.6) is 0 Å². The van der Waals surface area contributed by atoms with Gasteiger partial charge in [0.25, 0.3) is 5.91 Å². The van der Waals surface area contributed by atoms with Crippen molar-refractivity contribution in [3.63, 3.8) is 0 Å². The number of para-hydroxylation sites is 1. The van der Waals surface area contributed by atoms with E-state index in [-0.39, 0.29) is 24.9 Å². The fourth-order valence-electron chi connectivity index (χ4n) is 3.28. The Balaban J connectivity index is 2.42. The molecule has 2 rings (SSSR count). The lowest BCUT2D eigenvalue weighted by Gasteiger charge is -2.26. The Hall–Kier alpha value is -3.09. The van der Waals surface area contributed by atoms with Crippen molar-refractivity contribution in [1.29, 1.82) is 0 Å². The van der Waals surface area contributed by atoms with E-state index in [9.17, 15) is 19.5 Å². The first-order chi connectivity index (χ1) is 13.1. The summed E-state index contributed by atoms with van der Waals surface area (Å²) in [6.07, 6.45) is 0. The second-order valence-electron chi connectivity index (χ2n) is 6.90. The van der Waals surface area contributed by atoms with Gasteiger partial charge in [0.2, 0.25) is 5.91 Å². The van der Waals surface area contributed by atoms with E-state index < -0.39 is 12.0 Å². The molecular weight excluding hydrogens is 358 g/mol. The molecule has 7 nitrogen and oxygen atoms in total. The van der Waals surface area contributed by atoms with Gasteiger partial charge in [0.15, 0.2) is 0 Å². The number of hydrogen-bond acceptors (Lipinski definition) is 3. The first-order valence-corrected chi connectivity index (χ1v) is 9.18. The smallest absolute Gasteiger partial charge is 0.326 e. The summed E-state index contributed by atoms with van der Waals surface area (Å²) in [5.74, 6) is -1.69. The lowest BCUT2D eigenvalue weighted by Crippen LogP contribution is -2.46. The molecule has 0 saturated carbocycles. The van der Waals surface area contributed by atoms with Gasteiger partial charge in [-0.25, -0.2) is 4.79 Å². The Morgan fingerprint density at radius 1 is 1.18 bits per heavy atom. The monoisotopic (exact) mass is 385 g/mol. The largest absolute Gasteiger partial charge is 0.480 e. The molecule has 0 saturated heterocycles. The molecule has 0 bridgehead atoms. The van der Waals surface area contributed by atoms with Gasteiger partial charge in [-0.1, -0.05) is 18.2 Å². The number of hydrogen-bond donors (Lipinski definition) is 2. The highest BCUT2D eigenvalue weighted by Crippen LogP contribution is 2.24. The first-order valence-electron chi connectivity index (χ1n) is 9.18. The summed E-state index contributed by atoms with van der Waals surface area (Å²) >= 11 is 0. The molecule has 0 aliphatic rings. The van der Waals surface area contributed by atoms with Crippen LogP contribution < -0.4 is 5.32 Å². The fraction of sp³-hybridized carbons (Fsp3) is 0.381. The van der Waals surface area contributed by atoms with Crippen LogP contribution in [-0.2, 0) is 9.59 Å². The van der Waals surface area contributed by atoms with Crippen LogP contribution in [-0.4, -0.2) is 51.5 Å². The van der Waals surface area contributed by atoms with Crippen LogP contribution in [0.1, 0.15) is 41.2 Å². The molecule has 0 aliphatic carbocycles. The number of amides is 2. The first kappa shape index (κ1) is 21.2. The molecule has 2 N–H and O–H groups in total. The summed E-state index contributed by atoms with van der Waals surface area (Å²) in [6, 6.07) is 8.65. The maximum absolute atomic E-state index is 13.2. The van der Waals surface area contributed by atoms with Crippen LogP contribution in [0.15, 0.2) is 30.3 Å². The minimum absolute atomic E-state index is 0.111. The predicted octanol–water partition coefficient (Wildman–Crippen LogP) is 2.45. The molecule has 0 fully saturated rings. The van der Waals surface area contributed by atoms with Gasteiger partial charge >= 0.3 is 5.97 Å². The average Bonchev–Trinajstić information content (AvgIpc) is 2.92. The van der Waals surface area contributed by atoms with E-state index in [1.165, 1.54) is 18.7 Å².